The third-order valence-corrected chi connectivity index (χ3v) is 9.18. The molecule has 0 spiro atoms. The van der Waals surface area contributed by atoms with Crippen molar-refractivity contribution >= 4 is 58.3 Å². The van der Waals surface area contributed by atoms with Crippen molar-refractivity contribution in [1.82, 2.24) is 4.57 Å². The van der Waals surface area contributed by atoms with Gasteiger partial charge in [-0.2, -0.15) is 0 Å². The monoisotopic (exact) mass is 714 g/mol. The van der Waals surface area contributed by atoms with E-state index in [1.165, 1.54) is 35.1 Å². The van der Waals surface area contributed by atoms with Crippen molar-refractivity contribution in [3.63, 3.8) is 0 Å². The molecule has 0 saturated carbocycles. The summed E-state index contributed by atoms with van der Waals surface area (Å²) < 4.78 is 18.9. The molecule has 9 nitrogen and oxygen atoms in total. The number of methoxy groups -OCH3 is 1. The normalized spacial score (nSPS) is 14.2. The van der Waals surface area contributed by atoms with Crippen molar-refractivity contribution in [1.29, 1.82) is 0 Å². The van der Waals surface area contributed by atoms with E-state index in [9.17, 15) is 19.5 Å². The first-order valence-electron chi connectivity index (χ1n) is 15.0. The van der Waals surface area contributed by atoms with Crippen molar-refractivity contribution < 1.29 is 28.9 Å². The van der Waals surface area contributed by atoms with Gasteiger partial charge in [-0.3, -0.25) is 9.36 Å². The van der Waals surface area contributed by atoms with Gasteiger partial charge < -0.3 is 19.3 Å². The van der Waals surface area contributed by atoms with Gasteiger partial charge in [0.2, 0.25) is 0 Å². The zero-order chi connectivity index (χ0) is 34.7. The summed E-state index contributed by atoms with van der Waals surface area (Å²) in [5.74, 6) is -1.05. The zero-order valence-corrected chi connectivity index (χ0v) is 28.5. The maximum atomic E-state index is 14.2. The zero-order valence-electron chi connectivity index (χ0n) is 26.2. The van der Waals surface area contributed by atoms with Gasteiger partial charge in [0.25, 0.3) is 5.56 Å². The molecular formula is C37H28Cl2N2O7S. The molecule has 0 radical (unpaired) electrons. The quantitative estimate of drug-likeness (QED) is 0.164. The van der Waals surface area contributed by atoms with Crippen molar-refractivity contribution in [2.24, 2.45) is 4.99 Å². The molecule has 1 aliphatic rings. The smallest absolute Gasteiger partial charge is 0.338 e. The minimum Gasteiger partial charge on any atom is -0.493 e. The van der Waals surface area contributed by atoms with Gasteiger partial charge in [-0.25, -0.2) is 14.6 Å². The molecule has 248 valence electrons. The number of carbonyl (C=O) groups is 2. The molecule has 5 aromatic rings. The van der Waals surface area contributed by atoms with Crippen LogP contribution in [0.5, 0.6) is 11.5 Å². The van der Waals surface area contributed by atoms with Crippen molar-refractivity contribution in [3.05, 3.63) is 154 Å². The average Bonchev–Trinajstić information content (AvgIpc) is 3.41. The van der Waals surface area contributed by atoms with Crippen LogP contribution in [-0.2, 0) is 16.1 Å². The third kappa shape index (κ3) is 7.03. The second kappa shape index (κ2) is 14.5. The number of hydrogen-bond donors (Lipinski definition) is 1. The Hall–Kier alpha value is -5.16. The molecule has 0 bridgehead atoms. The topological polar surface area (TPSA) is 116 Å². The van der Waals surface area contributed by atoms with E-state index in [0.717, 1.165) is 0 Å². The van der Waals surface area contributed by atoms with Crippen LogP contribution >= 0.6 is 34.5 Å². The maximum Gasteiger partial charge on any atom is 0.338 e. The summed E-state index contributed by atoms with van der Waals surface area (Å²) in [6.07, 6.45) is 1.67. The van der Waals surface area contributed by atoms with Crippen molar-refractivity contribution in [2.45, 2.75) is 19.6 Å². The number of ether oxygens (including phenoxy) is 3. The van der Waals surface area contributed by atoms with Crippen LogP contribution in [-0.4, -0.2) is 35.3 Å². The van der Waals surface area contributed by atoms with Crippen molar-refractivity contribution in [2.75, 3.05) is 13.7 Å². The highest BCUT2D eigenvalue weighted by Gasteiger charge is 2.35. The summed E-state index contributed by atoms with van der Waals surface area (Å²) >= 11 is 14.1. The third-order valence-electron chi connectivity index (χ3n) is 7.67. The molecule has 0 amide bonds. The van der Waals surface area contributed by atoms with Gasteiger partial charge in [0.05, 0.1) is 46.1 Å². The number of aromatic carboxylic acids is 1. The summed E-state index contributed by atoms with van der Waals surface area (Å²) in [6, 6.07) is 25.1. The lowest BCUT2D eigenvalue weighted by Crippen LogP contribution is -2.40. The van der Waals surface area contributed by atoms with E-state index in [0.29, 0.717) is 48.1 Å². The Balaban J connectivity index is 1.46. The van der Waals surface area contributed by atoms with E-state index in [4.69, 9.17) is 42.4 Å². The first-order chi connectivity index (χ1) is 23.7. The first-order valence-corrected chi connectivity index (χ1v) is 16.6. The Bertz CT molecular complexity index is 2280. The Kier molecular flexibility index (Phi) is 10.0. The van der Waals surface area contributed by atoms with Gasteiger partial charge in [0.15, 0.2) is 16.3 Å². The highest BCUT2D eigenvalue weighted by Crippen LogP contribution is 2.38. The number of nitrogens with zero attached hydrogens (tertiary/aromatic N) is 2. The number of thiazole rings is 1. The van der Waals surface area contributed by atoms with Gasteiger partial charge in [-0.15, -0.1) is 0 Å². The van der Waals surface area contributed by atoms with Crippen LogP contribution in [0.4, 0.5) is 0 Å². The lowest BCUT2D eigenvalue weighted by atomic mass is 9.93. The molecule has 4 aromatic carbocycles. The second-order valence-corrected chi connectivity index (χ2v) is 12.7. The lowest BCUT2D eigenvalue weighted by molar-refractivity contribution is -0.138. The number of hydrogen-bond acceptors (Lipinski definition) is 8. The van der Waals surface area contributed by atoms with E-state index in [-0.39, 0.29) is 40.7 Å². The lowest BCUT2D eigenvalue weighted by Gasteiger charge is -2.25. The number of benzene rings is 4. The van der Waals surface area contributed by atoms with Crippen LogP contribution in [0.25, 0.3) is 11.8 Å². The summed E-state index contributed by atoms with van der Waals surface area (Å²) in [4.78, 5) is 44.5. The molecule has 0 unspecified atom stereocenters. The Morgan fingerprint density at radius 1 is 1.00 bits per heavy atom. The number of carboxylic acids is 1. The Labute approximate surface area is 294 Å². The van der Waals surface area contributed by atoms with Crippen molar-refractivity contribution in [3.8, 4) is 11.5 Å². The van der Waals surface area contributed by atoms with Crippen LogP contribution in [0.3, 0.4) is 0 Å². The molecule has 1 aromatic heterocycles. The Morgan fingerprint density at radius 2 is 1.76 bits per heavy atom. The number of carbonyl (C=O) groups excluding carboxylic acids is 1. The number of fused-ring (bicyclic) bond motifs is 1. The Morgan fingerprint density at radius 3 is 2.45 bits per heavy atom. The van der Waals surface area contributed by atoms with Crippen LogP contribution in [0.2, 0.25) is 10.0 Å². The SMILES string of the molecule is CCOC(=O)C1=C(c2ccccc2)N=c2s/c(=C/c3cc(Cl)c(OCc4cccc(C(=O)O)c4)c(OC)c3)c(=O)n2[C@H]1c1ccc(Cl)cc1. The molecule has 1 atom stereocenters. The van der Waals surface area contributed by atoms with E-state index in [1.807, 2.05) is 30.3 Å². The van der Waals surface area contributed by atoms with Gasteiger partial charge in [0, 0.05) is 10.6 Å². The van der Waals surface area contributed by atoms with E-state index < -0.39 is 18.0 Å². The largest absolute Gasteiger partial charge is 0.493 e. The molecular weight excluding hydrogens is 687 g/mol. The van der Waals surface area contributed by atoms with Crippen LogP contribution in [0, 0.1) is 0 Å². The molecule has 0 fully saturated rings. The predicted octanol–water partition coefficient (Wildman–Crippen LogP) is 6.53. The van der Waals surface area contributed by atoms with Gasteiger partial charge in [-0.1, -0.05) is 89.1 Å². The van der Waals surface area contributed by atoms with E-state index >= 15 is 0 Å². The first kappa shape index (κ1) is 33.7. The van der Waals surface area contributed by atoms with Gasteiger partial charge >= 0.3 is 11.9 Å². The summed E-state index contributed by atoms with van der Waals surface area (Å²) in [7, 11) is 1.47. The van der Waals surface area contributed by atoms with Crippen LogP contribution < -0.4 is 24.4 Å². The summed E-state index contributed by atoms with van der Waals surface area (Å²) in [5.41, 5.74) is 2.96. The van der Waals surface area contributed by atoms with Gasteiger partial charge in [0.1, 0.15) is 6.61 Å². The fourth-order valence-corrected chi connectivity index (χ4v) is 6.87. The standard InChI is InChI=1S/C37H28Cl2N2O7S/c1-3-47-36(45)30-31(23-9-5-4-6-10-23)40-37-41(32(30)24-12-14-26(38)15-13-24)34(42)29(49-37)19-22-17-27(39)33(28(18-22)46-2)48-20-21-8-7-11-25(16-21)35(43)44/h4-19,32H,3,20H2,1-2H3,(H,43,44)/b29-19+/t32-/m0/s1. The molecule has 1 aliphatic heterocycles. The molecule has 0 aliphatic carbocycles. The molecule has 12 heteroatoms. The number of carboxylic acid groups (broad SMARTS) is 1. The van der Waals surface area contributed by atoms with E-state index in [1.54, 1.807) is 61.5 Å². The molecule has 0 saturated heterocycles. The van der Waals surface area contributed by atoms with Gasteiger partial charge in [-0.05, 0) is 66.1 Å². The maximum absolute atomic E-state index is 14.2. The van der Waals surface area contributed by atoms with E-state index in [2.05, 4.69) is 0 Å². The summed E-state index contributed by atoms with van der Waals surface area (Å²) in [6.45, 7) is 1.91. The minimum atomic E-state index is -1.04. The highest BCUT2D eigenvalue weighted by atomic mass is 35.5. The minimum absolute atomic E-state index is 0.0480. The van der Waals surface area contributed by atoms with Crippen LogP contribution in [0.1, 0.15) is 45.6 Å². The number of rotatable bonds is 10. The average molecular weight is 716 g/mol. The number of esters is 1. The second-order valence-electron chi connectivity index (χ2n) is 10.8. The number of halogens is 2. The number of aromatic nitrogens is 1. The summed E-state index contributed by atoms with van der Waals surface area (Å²) in [5, 5.41) is 10.0. The van der Waals surface area contributed by atoms with Crippen LogP contribution in [0.15, 0.2) is 106 Å². The molecule has 2 heterocycles. The fourth-order valence-electron chi connectivity index (χ4n) is 5.47. The molecule has 1 N–H and O–H groups in total. The highest BCUT2D eigenvalue weighted by molar-refractivity contribution is 7.07. The molecule has 49 heavy (non-hydrogen) atoms. The predicted molar refractivity (Wildman–Crippen MR) is 188 cm³/mol. The fraction of sp³-hybridized carbons (Fsp3) is 0.135. The molecule has 6 rings (SSSR count).